The van der Waals surface area contributed by atoms with Crippen LogP contribution in [0.2, 0.25) is 0 Å². The average molecular weight is 244 g/mol. The zero-order valence-electron chi connectivity index (χ0n) is 8.29. The van der Waals surface area contributed by atoms with E-state index in [0.717, 1.165) is 0 Å². The summed E-state index contributed by atoms with van der Waals surface area (Å²) in [5.41, 5.74) is 6.61. The minimum absolute atomic E-state index is 0.00837. The first-order chi connectivity index (χ1) is 7.42. The first-order valence-electron chi connectivity index (χ1n) is 4.26. The molecule has 1 aromatic carbocycles. The lowest BCUT2D eigenvalue weighted by Gasteiger charge is -2.03. The molecule has 0 atom stereocenters. The van der Waals surface area contributed by atoms with E-state index in [2.05, 4.69) is 9.88 Å². The van der Waals surface area contributed by atoms with Crippen LogP contribution in [0.1, 0.15) is 11.1 Å². The monoisotopic (exact) mass is 244 g/mol. The maximum atomic E-state index is 10.6. The lowest BCUT2D eigenvalue weighted by molar-refractivity contribution is 0.318. The number of benzene rings is 1. The molecule has 88 valence electrons. The van der Waals surface area contributed by atoms with Gasteiger partial charge in [0.2, 0.25) is 0 Å². The van der Waals surface area contributed by atoms with E-state index in [1.807, 2.05) is 0 Å². The molecule has 0 bridgehead atoms. The van der Waals surface area contributed by atoms with Crippen molar-refractivity contribution in [1.82, 2.24) is 4.72 Å². The van der Waals surface area contributed by atoms with E-state index in [1.165, 1.54) is 0 Å². The van der Waals surface area contributed by atoms with Crippen molar-refractivity contribution in [2.24, 2.45) is 16.0 Å². The third kappa shape index (κ3) is 3.85. The van der Waals surface area contributed by atoms with Gasteiger partial charge in [-0.25, -0.2) is 5.14 Å². The van der Waals surface area contributed by atoms with Gasteiger partial charge in [0.1, 0.15) is 0 Å². The van der Waals surface area contributed by atoms with Gasteiger partial charge < -0.3 is 10.9 Å². The van der Waals surface area contributed by atoms with Crippen LogP contribution in [0.15, 0.2) is 29.4 Å². The normalized spacial score (nSPS) is 12.7. The van der Waals surface area contributed by atoms with Gasteiger partial charge in [0, 0.05) is 12.1 Å². The van der Waals surface area contributed by atoms with Crippen molar-refractivity contribution in [3.8, 4) is 0 Å². The minimum Gasteiger partial charge on any atom is -0.409 e. The molecule has 7 nitrogen and oxygen atoms in total. The fraction of sp³-hybridized carbons (Fsp3) is 0.125. The number of rotatable bonds is 4. The lowest BCUT2D eigenvalue weighted by atomic mass is 10.1. The maximum Gasteiger partial charge on any atom is 0.274 e. The molecule has 6 N–H and O–H groups in total. The standard InChI is InChI=1S/C8H12N4O3S/c9-8(12-13)7-3-1-6(2-4-7)5-11-16(10,14)15/h1-4,11,13H,5H2,(H2,9,12)(H2,10,14,15). The molecular formula is C8H12N4O3S. The Kier molecular flexibility index (Phi) is 3.82. The Hall–Kier alpha value is -1.64. The van der Waals surface area contributed by atoms with E-state index in [4.69, 9.17) is 16.1 Å². The van der Waals surface area contributed by atoms with Crippen LogP contribution < -0.4 is 15.6 Å². The molecule has 0 radical (unpaired) electrons. The summed E-state index contributed by atoms with van der Waals surface area (Å²) in [7, 11) is -3.69. The van der Waals surface area contributed by atoms with E-state index in [1.54, 1.807) is 24.3 Å². The van der Waals surface area contributed by atoms with Crippen LogP contribution >= 0.6 is 0 Å². The van der Waals surface area contributed by atoms with Crippen molar-refractivity contribution in [3.05, 3.63) is 35.4 Å². The molecule has 0 saturated carbocycles. The van der Waals surface area contributed by atoms with Gasteiger partial charge in [-0.1, -0.05) is 29.4 Å². The lowest BCUT2D eigenvalue weighted by Crippen LogP contribution is -2.30. The van der Waals surface area contributed by atoms with Crippen LogP contribution in [-0.4, -0.2) is 19.5 Å². The topological polar surface area (TPSA) is 131 Å². The number of oxime groups is 1. The van der Waals surface area contributed by atoms with Crippen molar-refractivity contribution in [2.75, 3.05) is 0 Å². The zero-order valence-corrected chi connectivity index (χ0v) is 9.11. The van der Waals surface area contributed by atoms with Crippen LogP contribution in [-0.2, 0) is 16.8 Å². The number of nitrogens with zero attached hydrogens (tertiary/aromatic N) is 1. The largest absolute Gasteiger partial charge is 0.409 e. The van der Waals surface area contributed by atoms with E-state index < -0.39 is 10.2 Å². The number of amidine groups is 1. The molecule has 0 aliphatic rings. The fourth-order valence-electron chi connectivity index (χ4n) is 1.04. The van der Waals surface area contributed by atoms with Gasteiger partial charge in [-0.2, -0.15) is 13.1 Å². The molecule has 8 heteroatoms. The first-order valence-corrected chi connectivity index (χ1v) is 5.81. The molecule has 0 aliphatic heterocycles. The van der Waals surface area contributed by atoms with Crippen molar-refractivity contribution in [3.63, 3.8) is 0 Å². The van der Waals surface area contributed by atoms with Crippen LogP contribution in [0.5, 0.6) is 0 Å². The summed E-state index contributed by atoms with van der Waals surface area (Å²) in [6.45, 7) is 0.0925. The SMILES string of the molecule is N/C(=N/O)c1ccc(CNS(N)(=O)=O)cc1. The Morgan fingerprint density at radius 1 is 1.38 bits per heavy atom. The molecule has 1 aromatic rings. The third-order valence-corrected chi connectivity index (χ3v) is 2.38. The second-order valence-corrected chi connectivity index (χ2v) is 4.43. The number of nitrogens with one attached hydrogen (secondary N) is 1. The Balaban J connectivity index is 2.73. The summed E-state index contributed by atoms with van der Waals surface area (Å²) in [4.78, 5) is 0. The molecule has 0 amide bonds. The number of hydrogen-bond acceptors (Lipinski definition) is 4. The second kappa shape index (κ2) is 4.92. The summed E-state index contributed by atoms with van der Waals surface area (Å²) in [6, 6.07) is 6.50. The Morgan fingerprint density at radius 2 is 1.94 bits per heavy atom. The highest BCUT2D eigenvalue weighted by Crippen LogP contribution is 2.04. The number of hydrogen-bond donors (Lipinski definition) is 4. The molecule has 0 saturated heterocycles. The summed E-state index contributed by atoms with van der Waals surface area (Å²) in [6.07, 6.45) is 0. The number of nitrogens with two attached hydrogens (primary N) is 2. The van der Waals surface area contributed by atoms with Gasteiger partial charge in [0.15, 0.2) is 5.84 Å². The zero-order chi connectivity index (χ0) is 12.2. The Morgan fingerprint density at radius 3 is 2.38 bits per heavy atom. The van der Waals surface area contributed by atoms with Crippen LogP contribution in [0.25, 0.3) is 0 Å². The molecule has 0 unspecified atom stereocenters. The van der Waals surface area contributed by atoms with Crippen LogP contribution in [0.4, 0.5) is 0 Å². The van der Waals surface area contributed by atoms with E-state index in [0.29, 0.717) is 11.1 Å². The molecule has 0 aromatic heterocycles. The molecule has 0 aliphatic carbocycles. The van der Waals surface area contributed by atoms with E-state index in [9.17, 15) is 8.42 Å². The van der Waals surface area contributed by atoms with Crippen LogP contribution in [0.3, 0.4) is 0 Å². The van der Waals surface area contributed by atoms with Gasteiger partial charge >= 0.3 is 0 Å². The highest BCUT2D eigenvalue weighted by molar-refractivity contribution is 7.87. The smallest absolute Gasteiger partial charge is 0.274 e. The summed E-state index contributed by atoms with van der Waals surface area (Å²) >= 11 is 0. The molecule has 16 heavy (non-hydrogen) atoms. The van der Waals surface area contributed by atoms with E-state index in [-0.39, 0.29) is 12.4 Å². The van der Waals surface area contributed by atoms with Gasteiger partial charge in [0.05, 0.1) is 0 Å². The minimum atomic E-state index is -3.69. The average Bonchev–Trinajstić information content (AvgIpc) is 2.25. The van der Waals surface area contributed by atoms with E-state index >= 15 is 0 Å². The molecule has 0 fully saturated rings. The predicted octanol–water partition coefficient (Wildman–Crippen LogP) is -0.926. The van der Waals surface area contributed by atoms with Crippen LogP contribution in [0, 0.1) is 0 Å². The Bertz CT molecular complexity index is 481. The van der Waals surface area contributed by atoms with Crippen molar-refractivity contribution in [1.29, 1.82) is 0 Å². The predicted molar refractivity (Wildman–Crippen MR) is 58.9 cm³/mol. The Labute approximate surface area is 92.9 Å². The molecular weight excluding hydrogens is 232 g/mol. The van der Waals surface area contributed by atoms with Crippen molar-refractivity contribution >= 4 is 16.0 Å². The molecule has 0 spiro atoms. The maximum absolute atomic E-state index is 10.6. The van der Waals surface area contributed by atoms with Gasteiger partial charge in [-0.3, -0.25) is 0 Å². The summed E-state index contributed by atoms with van der Waals surface area (Å²) in [5.74, 6) is -0.00837. The van der Waals surface area contributed by atoms with Crippen molar-refractivity contribution in [2.45, 2.75) is 6.54 Å². The molecule has 0 heterocycles. The summed E-state index contributed by atoms with van der Waals surface area (Å²) < 4.78 is 23.4. The summed E-state index contributed by atoms with van der Waals surface area (Å²) in [5, 5.41) is 16.0. The van der Waals surface area contributed by atoms with Gasteiger partial charge in [-0.15, -0.1) is 0 Å². The fourth-order valence-corrected chi connectivity index (χ4v) is 1.40. The van der Waals surface area contributed by atoms with Gasteiger partial charge in [0.25, 0.3) is 10.2 Å². The highest BCUT2D eigenvalue weighted by atomic mass is 32.2. The first kappa shape index (κ1) is 12.4. The van der Waals surface area contributed by atoms with Gasteiger partial charge in [-0.05, 0) is 5.56 Å². The quantitative estimate of drug-likeness (QED) is 0.236. The molecule has 1 rings (SSSR count). The van der Waals surface area contributed by atoms with Crippen molar-refractivity contribution < 1.29 is 13.6 Å². The third-order valence-electron chi connectivity index (χ3n) is 1.83. The highest BCUT2D eigenvalue weighted by Gasteiger charge is 2.02. The second-order valence-electron chi connectivity index (χ2n) is 3.05.